The highest BCUT2D eigenvalue weighted by Crippen LogP contribution is 1.98. The summed E-state index contributed by atoms with van der Waals surface area (Å²) in [5, 5.41) is 7.76. The van der Waals surface area contributed by atoms with Gasteiger partial charge < -0.3 is 21.3 Å². The predicted octanol–water partition coefficient (Wildman–Crippen LogP) is 2.36. The minimum absolute atomic E-state index is 0. The number of esters is 1. The zero-order valence-corrected chi connectivity index (χ0v) is 16.8. The van der Waals surface area contributed by atoms with E-state index in [4.69, 9.17) is 32.9 Å². The van der Waals surface area contributed by atoms with Crippen molar-refractivity contribution in [2.24, 2.45) is 11.5 Å². The summed E-state index contributed by atoms with van der Waals surface area (Å²) in [4.78, 5) is 41.0. The third kappa shape index (κ3) is 35.0. The summed E-state index contributed by atoms with van der Waals surface area (Å²) in [5.41, 5.74) is 10.5. The van der Waals surface area contributed by atoms with Crippen LogP contribution >= 0.6 is 11.6 Å². The first-order valence-corrected chi connectivity index (χ1v) is 8.68. The van der Waals surface area contributed by atoms with Crippen LogP contribution in [0.2, 0.25) is 0 Å². The Bertz CT molecular complexity index is 495. The smallest absolute Gasteiger partial charge is 0.333 e. The Morgan fingerprint density at radius 1 is 0.893 bits per heavy atom. The van der Waals surface area contributed by atoms with E-state index in [1.807, 2.05) is 0 Å². The number of aliphatic hydroxyl groups excluding tert-OH is 1. The molecule has 9 heteroatoms. The number of primary amides is 2. The monoisotopic (exact) mass is 422 g/mol. The molecular formula is C19H35ClN2O6. The number of hydrogen-bond donors (Lipinski definition) is 3. The molecule has 8 nitrogen and oxygen atoms in total. The standard InChI is InChI=1S/C9H15NO3.C5H11NO2.C4H5ClO.CH4/c1-7(2)9(12)13-6-4-3-5-8(10)11;6-5(8)3-1-2-4-7;1-3(2)4(5)6;/h1,3-6H2,2H3,(H2,10,11);7H,1-4H2,(H2,6,8);1H2,2H3;1H4. The van der Waals surface area contributed by atoms with Crippen molar-refractivity contribution in [3.63, 3.8) is 0 Å². The number of aliphatic hydroxyl groups is 1. The van der Waals surface area contributed by atoms with Crippen molar-refractivity contribution in [1.29, 1.82) is 0 Å². The molecule has 0 unspecified atom stereocenters. The van der Waals surface area contributed by atoms with Crippen LogP contribution in [-0.4, -0.2) is 41.3 Å². The van der Waals surface area contributed by atoms with Crippen molar-refractivity contribution in [2.45, 2.75) is 59.8 Å². The quantitative estimate of drug-likeness (QED) is 0.201. The Morgan fingerprint density at radius 2 is 1.29 bits per heavy atom. The number of carbonyl (C=O) groups is 4. The Labute approximate surface area is 172 Å². The van der Waals surface area contributed by atoms with E-state index in [9.17, 15) is 19.2 Å². The lowest BCUT2D eigenvalue weighted by Crippen LogP contribution is -2.11. The fraction of sp³-hybridized carbons (Fsp3) is 0.579. The molecule has 0 spiro atoms. The van der Waals surface area contributed by atoms with E-state index in [0.29, 0.717) is 56.3 Å². The molecule has 0 aromatic rings. The lowest BCUT2D eigenvalue weighted by molar-refractivity contribution is -0.139. The van der Waals surface area contributed by atoms with Crippen LogP contribution < -0.4 is 11.5 Å². The number of carbonyl (C=O) groups excluding carboxylic acids is 4. The maximum Gasteiger partial charge on any atom is 0.333 e. The van der Waals surface area contributed by atoms with Crippen molar-refractivity contribution in [3.05, 3.63) is 24.3 Å². The van der Waals surface area contributed by atoms with Gasteiger partial charge in [0.05, 0.1) is 6.61 Å². The lowest BCUT2D eigenvalue weighted by Gasteiger charge is -2.02. The first-order valence-electron chi connectivity index (χ1n) is 8.31. The number of amides is 2. The molecule has 0 aliphatic rings. The van der Waals surface area contributed by atoms with Crippen LogP contribution in [0.15, 0.2) is 24.3 Å². The van der Waals surface area contributed by atoms with E-state index in [2.05, 4.69) is 13.2 Å². The third-order valence-electron chi connectivity index (χ3n) is 2.57. The average molecular weight is 423 g/mol. The first kappa shape index (κ1) is 33.4. The SMILES string of the molecule is C.C=C(C)C(=O)Cl.C=C(C)C(=O)OCCCCC(N)=O.NC(=O)CCCCO. The summed E-state index contributed by atoms with van der Waals surface area (Å²) in [6.07, 6.45) is 3.40. The van der Waals surface area contributed by atoms with E-state index >= 15 is 0 Å². The number of hydrogen-bond acceptors (Lipinski definition) is 6. The van der Waals surface area contributed by atoms with Gasteiger partial charge >= 0.3 is 5.97 Å². The van der Waals surface area contributed by atoms with Gasteiger partial charge in [-0.15, -0.1) is 0 Å². The van der Waals surface area contributed by atoms with Crippen LogP contribution in [-0.2, 0) is 23.9 Å². The first-order chi connectivity index (χ1) is 12.4. The number of allylic oxidation sites excluding steroid dienone is 1. The van der Waals surface area contributed by atoms with Gasteiger partial charge in [-0.1, -0.05) is 20.6 Å². The summed E-state index contributed by atoms with van der Waals surface area (Å²) in [6, 6.07) is 0. The number of rotatable bonds is 11. The second-order valence-corrected chi connectivity index (χ2v) is 5.88. The van der Waals surface area contributed by atoms with E-state index in [0.717, 1.165) is 0 Å². The Hall–Kier alpha value is -2.19. The van der Waals surface area contributed by atoms with Crippen LogP contribution in [0.5, 0.6) is 0 Å². The normalized spacial score (nSPS) is 8.57. The second-order valence-electron chi connectivity index (χ2n) is 5.54. The number of ether oxygens (including phenoxy) is 1. The molecule has 28 heavy (non-hydrogen) atoms. The summed E-state index contributed by atoms with van der Waals surface area (Å²) in [5.74, 6) is -1.01. The fourth-order valence-corrected chi connectivity index (χ4v) is 1.10. The highest BCUT2D eigenvalue weighted by atomic mass is 35.5. The molecule has 0 bridgehead atoms. The Morgan fingerprint density at radius 3 is 1.57 bits per heavy atom. The van der Waals surface area contributed by atoms with Crippen LogP contribution in [0.1, 0.15) is 59.8 Å². The van der Waals surface area contributed by atoms with E-state index in [1.54, 1.807) is 13.8 Å². The molecule has 5 N–H and O–H groups in total. The molecule has 0 rings (SSSR count). The van der Waals surface area contributed by atoms with E-state index < -0.39 is 5.24 Å². The molecule has 0 radical (unpaired) electrons. The van der Waals surface area contributed by atoms with Crippen molar-refractivity contribution in [1.82, 2.24) is 0 Å². The summed E-state index contributed by atoms with van der Waals surface area (Å²) < 4.78 is 4.79. The third-order valence-corrected chi connectivity index (χ3v) is 2.89. The highest BCUT2D eigenvalue weighted by Gasteiger charge is 2.02. The summed E-state index contributed by atoms with van der Waals surface area (Å²) in [6.45, 7) is 10.3. The molecule has 0 aliphatic carbocycles. The van der Waals surface area contributed by atoms with Gasteiger partial charge in [-0.25, -0.2) is 4.79 Å². The molecule has 2 amide bonds. The molecule has 164 valence electrons. The van der Waals surface area contributed by atoms with Gasteiger partial charge in [0.15, 0.2) is 0 Å². The largest absolute Gasteiger partial charge is 0.462 e. The van der Waals surface area contributed by atoms with Crippen molar-refractivity contribution in [3.8, 4) is 0 Å². The Balaban J connectivity index is -0.000000165. The van der Waals surface area contributed by atoms with Crippen LogP contribution in [0.3, 0.4) is 0 Å². The molecule has 0 aliphatic heterocycles. The van der Waals surface area contributed by atoms with E-state index in [1.165, 1.54) is 0 Å². The molecule has 0 saturated heterocycles. The van der Waals surface area contributed by atoms with Crippen LogP contribution in [0.25, 0.3) is 0 Å². The number of unbranched alkanes of at least 4 members (excludes halogenated alkanes) is 2. The molecule has 0 aromatic carbocycles. The fourth-order valence-electron chi connectivity index (χ4n) is 1.10. The van der Waals surface area contributed by atoms with Gasteiger partial charge in [-0.05, 0) is 51.1 Å². The molecule has 0 aromatic heterocycles. The van der Waals surface area contributed by atoms with Gasteiger partial charge in [-0.3, -0.25) is 14.4 Å². The Kier molecular flexibility index (Phi) is 27.3. The van der Waals surface area contributed by atoms with Crippen molar-refractivity contribution < 1.29 is 29.0 Å². The zero-order chi connectivity index (χ0) is 21.8. The van der Waals surface area contributed by atoms with Crippen molar-refractivity contribution >= 4 is 34.6 Å². The molecule has 0 saturated carbocycles. The topological polar surface area (TPSA) is 150 Å². The molecule has 0 atom stereocenters. The molecule has 0 fully saturated rings. The van der Waals surface area contributed by atoms with E-state index in [-0.39, 0.29) is 31.8 Å². The highest BCUT2D eigenvalue weighted by molar-refractivity contribution is 6.67. The predicted molar refractivity (Wildman–Crippen MR) is 111 cm³/mol. The maximum absolute atomic E-state index is 10.8. The van der Waals surface area contributed by atoms with Gasteiger partial charge in [0.25, 0.3) is 0 Å². The summed E-state index contributed by atoms with van der Waals surface area (Å²) in [7, 11) is 0. The zero-order valence-electron chi connectivity index (χ0n) is 16.1. The maximum atomic E-state index is 10.8. The van der Waals surface area contributed by atoms with Crippen LogP contribution in [0, 0.1) is 0 Å². The van der Waals surface area contributed by atoms with Gasteiger partial charge in [0.2, 0.25) is 17.1 Å². The lowest BCUT2D eigenvalue weighted by atomic mass is 10.2. The average Bonchev–Trinajstić information content (AvgIpc) is 2.55. The number of nitrogens with two attached hydrogens (primary N) is 2. The molecule has 0 heterocycles. The second kappa shape index (κ2) is 22.9. The minimum atomic E-state index is -0.463. The van der Waals surface area contributed by atoms with Gasteiger partial charge in [0.1, 0.15) is 0 Å². The van der Waals surface area contributed by atoms with Gasteiger partial charge in [-0.2, -0.15) is 0 Å². The summed E-state index contributed by atoms with van der Waals surface area (Å²) >= 11 is 4.87. The van der Waals surface area contributed by atoms with Crippen molar-refractivity contribution in [2.75, 3.05) is 13.2 Å². The minimum Gasteiger partial charge on any atom is -0.462 e. The number of halogens is 1. The van der Waals surface area contributed by atoms with Crippen LogP contribution in [0.4, 0.5) is 0 Å². The van der Waals surface area contributed by atoms with Gasteiger partial charge in [0, 0.05) is 30.6 Å². The molecular weight excluding hydrogens is 388 g/mol.